The van der Waals surface area contributed by atoms with Gasteiger partial charge in [0.05, 0.1) is 6.10 Å². The molecule has 4 rings (SSSR count). The van der Waals surface area contributed by atoms with Crippen LogP contribution in [0.3, 0.4) is 0 Å². The number of hydrogen-bond donors (Lipinski definition) is 5. The lowest BCUT2D eigenvalue weighted by Crippen LogP contribution is -2.51. The van der Waals surface area contributed by atoms with Crippen molar-refractivity contribution in [2.24, 2.45) is 52.1 Å². The molecule has 6 N–H and O–H groups in total. The molecule has 6 heteroatoms. The third-order valence-corrected chi connectivity index (χ3v) is 10.8. The molecule has 0 aliphatic heterocycles. The van der Waals surface area contributed by atoms with Crippen molar-refractivity contribution < 1.29 is 4.84 Å². The molecule has 6 nitrogen and oxygen atoms in total. The van der Waals surface area contributed by atoms with Gasteiger partial charge >= 0.3 is 0 Å². The van der Waals surface area contributed by atoms with E-state index in [4.69, 9.17) is 21.4 Å². The van der Waals surface area contributed by atoms with Crippen LogP contribution in [0.15, 0.2) is 11.6 Å². The second-order valence-electron chi connectivity index (χ2n) is 13.3. The van der Waals surface area contributed by atoms with E-state index >= 15 is 0 Å². The van der Waals surface area contributed by atoms with Crippen LogP contribution >= 0.6 is 0 Å². The van der Waals surface area contributed by atoms with Gasteiger partial charge in [-0.2, -0.15) is 0 Å². The number of nitrogens with two attached hydrogens (primary N) is 1. The van der Waals surface area contributed by atoms with Crippen molar-refractivity contribution in [1.82, 2.24) is 10.8 Å². The lowest BCUT2D eigenvalue weighted by atomic mass is 9.47. The number of rotatable bonds is 7. The standard InChI is InChI=1S/C29H51N5O/c1-18(2)7-6-8-19(3)23-11-12-24-22-10-9-20-17-21(35-34-27(32)33-26(30)31)13-15-28(20,4)25(22)14-16-29(23,24)5/h9,18-19,21-25H,6-8,10-17H2,1-5H3,(H6,30,31,32,33,34)/t19-,21+,22+,23-,24+,25+,28+,29-/m1/s1. The molecular formula is C29H51N5O. The molecule has 0 saturated heterocycles. The number of hydrogen-bond acceptors (Lipinski definition) is 3. The molecule has 0 unspecified atom stereocenters. The molecule has 0 radical (unpaired) electrons. The Hall–Kier alpha value is -1.56. The summed E-state index contributed by atoms with van der Waals surface area (Å²) in [6.45, 7) is 12.5. The lowest BCUT2D eigenvalue weighted by molar-refractivity contribution is -0.0712. The molecule has 0 spiro atoms. The van der Waals surface area contributed by atoms with Crippen LogP contribution in [-0.4, -0.2) is 18.0 Å². The van der Waals surface area contributed by atoms with Crippen molar-refractivity contribution in [3.63, 3.8) is 0 Å². The Bertz CT molecular complexity index is 824. The van der Waals surface area contributed by atoms with Crippen LogP contribution in [0.25, 0.3) is 0 Å². The second kappa shape index (κ2) is 10.4. The van der Waals surface area contributed by atoms with Crippen LogP contribution in [0.2, 0.25) is 0 Å². The first-order chi connectivity index (χ1) is 16.5. The van der Waals surface area contributed by atoms with E-state index in [1.165, 1.54) is 51.4 Å². The maximum atomic E-state index is 7.79. The van der Waals surface area contributed by atoms with E-state index in [0.29, 0.717) is 10.8 Å². The van der Waals surface area contributed by atoms with E-state index in [1.54, 1.807) is 5.57 Å². The van der Waals surface area contributed by atoms with Crippen molar-refractivity contribution in [2.45, 2.75) is 111 Å². The molecule has 3 fully saturated rings. The van der Waals surface area contributed by atoms with Gasteiger partial charge in [-0.25, -0.2) is 5.48 Å². The maximum Gasteiger partial charge on any atom is 0.219 e. The third kappa shape index (κ3) is 5.28. The van der Waals surface area contributed by atoms with Gasteiger partial charge in [0.25, 0.3) is 0 Å². The van der Waals surface area contributed by atoms with Gasteiger partial charge in [0.15, 0.2) is 5.96 Å². The van der Waals surface area contributed by atoms with Crippen molar-refractivity contribution in [1.29, 1.82) is 10.8 Å². The largest absolute Gasteiger partial charge is 0.370 e. The van der Waals surface area contributed by atoms with E-state index in [9.17, 15) is 0 Å². The van der Waals surface area contributed by atoms with Crippen molar-refractivity contribution in [2.75, 3.05) is 0 Å². The zero-order valence-electron chi connectivity index (χ0n) is 22.9. The van der Waals surface area contributed by atoms with Crippen LogP contribution in [0.5, 0.6) is 0 Å². The first-order valence-electron chi connectivity index (χ1n) is 14.4. The molecule has 35 heavy (non-hydrogen) atoms. The summed E-state index contributed by atoms with van der Waals surface area (Å²) in [5, 5.41) is 17.5. The molecular weight excluding hydrogens is 434 g/mol. The van der Waals surface area contributed by atoms with Crippen LogP contribution in [0.4, 0.5) is 0 Å². The summed E-state index contributed by atoms with van der Waals surface area (Å²) in [7, 11) is 0. The molecule has 8 atom stereocenters. The van der Waals surface area contributed by atoms with Gasteiger partial charge in [0.1, 0.15) is 0 Å². The number of fused-ring (bicyclic) bond motifs is 5. The predicted octanol–water partition coefficient (Wildman–Crippen LogP) is 6.34. The number of allylic oxidation sites excluding steroid dienone is 1. The van der Waals surface area contributed by atoms with E-state index in [0.717, 1.165) is 54.8 Å². The Balaban J connectivity index is 1.39. The van der Waals surface area contributed by atoms with Crippen molar-refractivity contribution in [3.05, 3.63) is 11.6 Å². The lowest BCUT2D eigenvalue weighted by Gasteiger charge is -2.58. The fraction of sp³-hybridized carbons (Fsp3) is 0.862. The molecule has 4 aliphatic rings. The van der Waals surface area contributed by atoms with Gasteiger partial charge in [0, 0.05) is 0 Å². The predicted molar refractivity (Wildman–Crippen MR) is 144 cm³/mol. The summed E-state index contributed by atoms with van der Waals surface area (Å²) < 4.78 is 0. The fourth-order valence-corrected chi connectivity index (χ4v) is 9.06. The zero-order chi connectivity index (χ0) is 25.4. The summed E-state index contributed by atoms with van der Waals surface area (Å²) in [4.78, 5) is 5.82. The van der Waals surface area contributed by atoms with Gasteiger partial charge in [-0.1, -0.05) is 65.5 Å². The van der Waals surface area contributed by atoms with Gasteiger partial charge in [-0.15, -0.1) is 0 Å². The normalized spacial score (nSPS) is 39.1. The fourth-order valence-electron chi connectivity index (χ4n) is 9.06. The monoisotopic (exact) mass is 485 g/mol. The number of hydroxylamine groups is 1. The van der Waals surface area contributed by atoms with Crippen LogP contribution in [-0.2, 0) is 4.84 Å². The summed E-state index contributed by atoms with van der Waals surface area (Å²) in [6.07, 6.45) is 16.9. The smallest absolute Gasteiger partial charge is 0.219 e. The molecule has 0 aromatic carbocycles. The first kappa shape index (κ1) is 26.5. The number of nitrogens with one attached hydrogen (secondary N) is 4. The maximum absolute atomic E-state index is 7.79. The Kier molecular flexibility index (Phi) is 7.90. The third-order valence-electron chi connectivity index (χ3n) is 10.8. The molecule has 3 saturated carbocycles. The van der Waals surface area contributed by atoms with Crippen LogP contribution < -0.4 is 16.5 Å². The molecule has 0 aromatic heterocycles. The van der Waals surface area contributed by atoms with E-state index in [2.05, 4.69) is 51.5 Å². The van der Waals surface area contributed by atoms with Crippen LogP contribution in [0.1, 0.15) is 105 Å². The quantitative estimate of drug-likeness (QED) is 0.126. The molecule has 198 valence electrons. The molecule has 0 bridgehead atoms. The van der Waals surface area contributed by atoms with E-state index in [-0.39, 0.29) is 18.0 Å². The zero-order valence-corrected chi connectivity index (χ0v) is 22.9. The topological polar surface area (TPSA) is 107 Å². The van der Waals surface area contributed by atoms with E-state index in [1.807, 2.05) is 0 Å². The highest BCUT2D eigenvalue weighted by molar-refractivity contribution is 5.94. The Labute approximate surface area is 213 Å². The second-order valence-corrected chi connectivity index (χ2v) is 13.3. The summed E-state index contributed by atoms with van der Waals surface area (Å²) in [6, 6.07) is 0. The highest BCUT2D eigenvalue weighted by Crippen LogP contribution is 2.67. The minimum Gasteiger partial charge on any atom is -0.370 e. The Morgan fingerprint density at radius 1 is 1.09 bits per heavy atom. The summed E-state index contributed by atoms with van der Waals surface area (Å²) in [5.74, 6) is 4.81. The highest BCUT2D eigenvalue weighted by atomic mass is 16.7. The van der Waals surface area contributed by atoms with Gasteiger partial charge in [-0.05, 0) is 97.7 Å². The molecule has 0 heterocycles. The molecule has 0 amide bonds. The molecule has 4 aliphatic carbocycles. The van der Waals surface area contributed by atoms with Crippen molar-refractivity contribution >= 4 is 11.9 Å². The minimum absolute atomic E-state index is 0.0661. The summed E-state index contributed by atoms with van der Waals surface area (Å²) >= 11 is 0. The first-order valence-corrected chi connectivity index (χ1v) is 14.4. The molecule has 0 aromatic rings. The van der Waals surface area contributed by atoms with Crippen molar-refractivity contribution in [3.8, 4) is 0 Å². The van der Waals surface area contributed by atoms with E-state index < -0.39 is 0 Å². The number of guanidine groups is 2. The Morgan fingerprint density at radius 2 is 1.86 bits per heavy atom. The van der Waals surface area contributed by atoms with Gasteiger partial charge < -0.3 is 5.73 Å². The highest BCUT2D eigenvalue weighted by Gasteiger charge is 2.59. The van der Waals surface area contributed by atoms with Gasteiger partial charge in [-0.3, -0.25) is 21.0 Å². The van der Waals surface area contributed by atoms with Gasteiger partial charge in [0.2, 0.25) is 5.96 Å². The average molecular weight is 486 g/mol. The summed E-state index contributed by atoms with van der Waals surface area (Å²) in [5.41, 5.74) is 10.4. The minimum atomic E-state index is -0.258. The average Bonchev–Trinajstić information content (AvgIpc) is 3.14. The van der Waals surface area contributed by atoms with Crippen LogP contribution in [0, 0.1) is 57.2 Å². The Morgan fingerprint density at radius 3 is 2.57 bits per heavy atom. The SMILES string of the molecule is CC(C)CCC[C@@H](C)[C@H]1CC[C@H]2[C@@H]3CC=C4C[C@@H](ONC(=N)NC(=N)N)CC[C@]4(C)[C@H]3CC[C@]12C.